The van der Waals surface area contributed by atoms with Gasteiger partial charge in [-0.15, -0.1) is 0 Å². The zero-order chi connectivity index (χ0) is 8.36. The van der Waals surface area contributed by atoms with E-state index in [4.69, 9.17) is 14.9 Å². The Hall–Kier alpha value is 0.350. The minimum absolute atomic E-state index is 0. The van der Waals surface area contributed by atoms with Crippen LogP contribution in [0.25, 0.3) is 0 Å². The van der Waals surface area contributed by atoms with Gasteiger partial charge in [0.25, 0.3) is 0 Å². The van der Waals surface area contributed by atoms with E-state index in [9.17, 15) is 14.2 Å². The molecule has 0 amide bonds. The zero-order valence-electron chi connectivity index (χ0n) is 7.13. The minimum atomic E-state index is -5.01. The summed E-state index contributed by atoms with van der Waals surface area (Å²) in [6, 6.07) is 0. The van der Waals surface area contributed by atoms with Gasteiger partial charge in [-0.2, -0.15) is 0 Å². The topological polar surface area (TPSA) is 121 Å². The molecular formula is C2H5CaO7P. The van der Waals surface area contributed by atoms with Gasteiger partial charge in [0.15, 0.2) is 0 Å². The number of hydrogen-bond acceptors (Lipinski definition) is 4. The van der Waals surface area contributed by atoms with Crippen LogP contribution in [0, 0.1) is 0 Å². The van der Waals surface area contributed by atoms with E-state index >= 15 is 0 Å². The van der Waals surface area contributed by atoms with Crippen LogP contribution in [0.15, 0.2) is 0 Å². The summed E-state index contributed by atoms with van der Waals surface area (Å²) in [6.07, 6.45) is 0. The summed E-state index contributed by atoms with van der Waals surface area (Å²) in [5.41, 5.74) is 0. The van der Waals surface area contributed by atoms with Gasteiger partial charge >= 0.3 is 57.5 Å². The first-order chi connectivity index (χ1) is 4.33. The SMILES string of the molecule is O=C(O)C(=O)OP(=O)(O)O.[Ca+2].[H-].[H-]. The standard InChI is InChI=1S/C2H3O7P.Ca.2H/c3-1(4)2(5)9-10(6,7)8;;;/h(H,3,4)(H2,6,7,8);;;/q;+2;2*-1. The Labute approximate surface area is 93.6 Å². The maximum Gasteiger partial charge on any atom is 2.00 e. The van der Waals surface area contributed by atoms with Gasteiger partial charge in [-0.05, 0) is 0 Å². The second kappa shape index (κ2) is 5.08. The molecule has 0 atom stereocenters. The molecule has 11 heavy (non-hydrogen) atoms. The Bertz CT molecular complexity index is 213. The summed E-state index contributed by atoms with van der Waals surface area (Å²) in [4.78, 5) is 35.1. The van der Waals surface area contributed by atoms with Gasteiger partial charge in [-0.3, -0.25) is 9.79 Å². The second-order valence-electron chi connectivity index (χ2n) is 1.17. The van der Waals surface area contributed by atoms with E-state index in [0.717, 1.165) is 0 Å². The first-order valence-corrected chi connectivity index (χ1v) is 3.38. The third-order valence-corrected chi connectivity index (χ3v) is 0.780. The van der Waals surface area contributed by atoms with Crippen LogP contribution in [0.1, 0.15) is 2.85 Å². The van der Waals surface area contributed by atoms with E-state index in [1.165, 1.54) is 0 Å². The van der Waals surface area contributed by atoms with Crippen LogP contribution in [0.2, 0.25) is 0 Å². The molecule has 0 aliphatic carbocycles. The third-order valence-electron chi connectivity index (χ3n) is 0.376. The number of carbonyl (C=O) groups excluding carboxylic acids is 1. The maximum atomic E-state index is 9.84. The summed E-state index contributed by atoms with van der Waals surface area (Å²) in [6.45, 7) is 0. The molecule has 0 saturated carbocycles. The van der Waals surface area contributed by atoms with Crippen LogP contribution in [-0.4, -0.2) is 64.6 Å². The average molecular weight is 212 g/mol. The Morgan fingerprint density at radius 3 is 1.82 bits per heavy atom. The average Bonchev–Trinajstić information content (AvgIpc) is 1.60. The fraction of sp³-hybridized carbons (Fsp3) is 0. The predicted molar refractivity (Wildman–Crippen MR) is 33.7 cm³/mol. The number of phosphoric ester groups is 1. The Kier molecular flexibility index (Phi) is 6.42. The third kappa shape index (κ3) is 8.25. The number of phosphoric acid groups is 1. The number of hydrogen-bond donors (Lipinski definition) is 3. The molecule has 0 rings (SSSR count). The van der Waals surface area contributed by atoms with E-state index in [2.05, 4.69) is 4.52 Å². The van der Waals surface area contributed by atoms with Crippen molar-refractivity contribution in [1.82, 2.24) is 0 Å². The monoisotopic (exact) mass is 212 g/mol. The van der Waals surface area contributed by atoms with Crippen LogP contribution < -0.4 is 0 Å². The van der Waals surface area contributed by atoms with Gasteiger partial charge in [-0.25, -0.2) is 14.2 Å². The van der Waals surface area contributed by atoms with Gasteiger partial charge in [0.2, 0.25) is 0 Å². The molecule has 3 N–H and O–H groups in total. The van der Waals surface area contributed by atoms with Crippen LogP contribution >= 0.6 is 7.82 Å². The molecule has 62 valence electrons. The molecular weight excluding hydrogens is 207 g/mol. The van der Waals surface area contributed by atoms with Crippen molar-refractivity contribution in [3.63, 3.8) is 0 Å². The molecule has 0 unspecified atom stereocenters. The zero-order valence-corrected chi connectivity index (χ0v) is 8.23. The van der Waals surface area contributed by atoms with Crippen LogP contribution in [0.3, 0.4) is 0 Å². The molecule has 0 aromatic rings. The summed E-state index contributed by atoms with van der Waals surface area (Å²) in [5, 5.41) is 7.73. The molecule has 9 heteroatoms. The quantitative estimate of drug-likeness (QED) is 0.276. The van der Waals surface area contributed by atoms with Gasteiger partial charge in [-0.1, -0.05) is 0 Å². The molecule has 0 fully saturated rings. The Morgan fingerprint density at radius 2 is 1.73 bits per heavy atom. The summed E-state index contributed by atoms with van der Waals surface area (Å²) in [7, 11) is -5.01. The first-order valence-electron chi connectivity index (χ1n) is 1.85. The van der Waals surface area contributed by atoms with Crippen molar-refractivity contribution < 1.29 is 36.4 Å². The summed E-state index contributed by atoms with van der Waals surface area (Å²) < 4.78 is 12.9. The molecule has 0 radical (unpaired) electrons. The number of aliphatic carboxylic acids is 1. The van der Waals surface area contributed by atoms with E-state index in [0.29, 0.717) is 0 Å². The first kappa shape index (κ1) is 13.9. The molecule has 0 aliphatic rings. The normalized spacial score (nSPS) is 9.64. The predicted octanol–water partition coefficient (Wildman–Crippen LogP) is -1.45. The van der Waals surface area contributed by atoms with Crippen molar-refractivity contribution in [1.29, 1.82) is 0 Å². The Balaban J connectivity index is -0.000000135. The molecule has 0 aliphatic heterocycles. The van der Waals surface area contributed by atoms with Crippen LogP contribution in [0.5, 0.6) is 0 Å². The fourth-order valence-electron chi connectivity index (χ4n) is 0.147. The van der Waals surface area contributed by atoms with Crippen molar-refractivity contribution in [3.05, 3.63) is 0 Å². The van der Waals surface area contributed by atoms with Gasteiger partial charge < -0.3 is 12.5 Å². The van der Waals surface area contributed by atoms with Crippen LogP contribution in [0.4, 0.5) is 0 Å². The molecule has 0 heterocycles. The minimum Gasteiger partial charge on any atom is -1.00 e. The second-order valence-corrected chi connectivity index (χ2v) is 2.34. The van der Waals surface area contributed by atoms with E-state index < -0.39 is 19.8 Å². The maximum absolute atomic E-state index is 9.84. The number of carboxylic acid groups (broad SMARTS) is 1. The summed E-state index contributed by atoms with van der Waals surface area (Å²) in [5.74, 6) is -4.03. The van der Waals surface area contributed by atoms with Gasteiger partial charge in [0, 0.05) is 0 Å². The molecule has 0 bridgehead atoms. The number of rotatable bonds is 1. The van der Waals surface area contributed by atoms with Crippen molar-refractivity contribution in [3.8, 4) is 0 Å². The fourth-order valence-corrected chi connectivity index (χ4v) is 0.441. The number of carboxylic acids is 1. The van der Waals surface area contributed by atoms with Crippen molar-refractivity contribution in [2.75, 3.05) is 0 Å². The van der Waals surface area contributed by atoms with Crippen molar-refractivity contribution in [2.45, 2.75) is 0 Å². The Morgan fingerprint density at radius 1 is 1.36 bits per heavy atom. The van der Waals surface area contributed by atoms with Crippen LogP contribution in [-0.2, 0) is 18.7 Å². The van der Waals surface area contributed by atoms with E-state index in [1.54, 1.807) is 0 Å². The van der Waals surface area contributed by atoms with Gasteiger partial charge in [0.1, 0.15) is 0 Å². The largest absolute Gasteiger partial charge is 2.00 e. The smallest absolute Gasteiger partial charge is 1.00 e. The molecule has 0 aromatic heterocycles. The number of carbonyl (C=O) groups is 2. The molecule has 7 nitrogen and oxygen atoms in total. The van der Waals surface area contributed by atoms with Crippen molar-refractivity contribution >= 4 is 57.5 Å². The molecule has 0 saturated heterocycles. The van der Waals surface area contributed by atoms with E-state index in [1.807, 2.05) is 0 Å². The van der Waals surface area contributed by atoms with Crippen molar-refractivity contribution in [2.24, 2.45) is 0 Å². The summed E-state index contributed by atoms with van der Waals surface area (Å²) >= 11 is 0. The molecule has 0 spiro atoms. The van der Waals surface area contributed by atoms with Gasteiger partial charge in [0.05, 0.1) is 0 Å². The van der Waals surface area contributed by atoms with E-state index in [-0.39, 0.29) is 40.6 Å². The molecule has 0 aromatic carbocycles.